The van der Waals surface area contributed by atoms with Crippen molar-refractivity contribution in [3.05, 3.63) is 29.3 Å². The van der Waals surface area contributed by atoms with Crippen molar-refractivity contribution < 1.29 is 9.22 Å². The highest BCUT2D eigenvalue weighted by Crippen LogP contribution is 2.30. The number of nitrogens with zero attached hydrogens (tertiary/aromatic N) is 1. The van der Waals surface area contributed by atoms with Gasteiger partial charge in [0.1, 0.15) is 12.3 Å². The lowest BCUT2D eigenvalue weighted by molar-refractivity contribution is -0.892. The highest BCUT2D eigenvalue weighted by atomic mass is 32.1. The molecule has 0 saturated heterocycles. The average Bonchev–Trinajstić information content (AvgIpc) is 2.34. The molecule has 0 amide bonds. The quantitative estimate of drug-likeness (QED) is 0.463. The van der Waals surface area contributed by atoms with E-state index >= 15 is 0 Å². The van der Waals surface area contributed by atoms with Crippen molar-refractivity contribution in [2.45, 2.75) is 53.2 Å². The van der Waals surface area contributed by atoms with Crippen molar-refractivity contribution in [2.24, 2.45) is 0 Å². The number of benzene rings is 1. The van der Waals surface area contributed by atoms with Crippen LogP contribution in [0.5, 0.6) is 5.75 Å². The van der Waals surface area contributed by atoms with Gasteiger partial charge in [-0.1, -0.05) is 11.6 Å². The summed E-state index contributed by atoms with van der Waals surface area (Å²) in [5.74, 6) is 0.908. The summed E-state index contributed by atoms with van der Waals surface area (Å²) >= 11 is 10.9. The van der Waals surface area contributed by atoms with Crippen LogP contribution in [-0.2, 0) is 19.2 Å². The van der Waals surface area contributed by atoms with Crippen LogP contribution in [0.4, 0.5) is 0 Å². The van der Waals surface area contributed by atoms with Crippen molar-refractivity contribution >= 4 is 29.2 Å². The van der Waals surface area contributed by atoms with Crippen molar-refractivity contribution in [3.63, 3.8) is 0 Å². The Hall–Kier alpha value is -0.710. The molecule has 0 saturated carbocycles. The number of thiocarbonyl (C=S) groups is 1. The molecule has 0 N–H and O–H groups in total. The molecule has 1 aromatic rings. The zero-order chi connectivity index (χ0) is 15.5. The van der Waals surface area contributed by atoms with E-state index in [1.807, 2.05) is 6.07 Å². The van der Waals surface area contributed by atoms with Crippen LogP contribution < -0.4 is 4.74 Å². The van der Waals surface area contributed by atoms with Gasteiger partial charge < -0.3 is 29.6 Å². The van der Waals surface area contributed by atoms with E-state index in [9.17, 15) is 0 Å². The Kier molecular flexibility index (Phi) is 5.92. The summed E-state index contributed by atoms with van der Waals surface area (Å²) in [5, 5.41) is 0. The molecule has 0 aliphatic rings. The van der Waals surface area contributed by atoms with Crippen LogP contribution in [0.2, 0.25) is 0 Å². The van der Waals surface area contributed by atoms with Crippen LogP contribution in [0.25, 0.3) is 0 Å². The van der Waals surface area contributed by atoms with E-state index in [-0.39, 0.29) is 0 Å². The summed E-state index contributed by atoms with van der Waals surface area (Å²) in [7, 11) is 1.71. The molecule has 0 heterocycles. The molecule has 0 aromatic heterocycles. The van der Waals surface area contributed by atoms with E-state index in [0.29, 0.717) is 20.9 Å². The first-order valence-electron chi connectivity index (χ1n) is 6.98. The standard InChI is InChI=1S/C16H25NOS2/c1-11(2)17(12(3)4,16(19)20)10-14-9-13(5)7-8-15(14)18-6/h7-9,11-12H,10H2,1-6H3. The lowest BCUT2D eigenvalue weighted by Gasteiger charge is -2.48. The van der Waals surface area contributed by atoms with E-state index in [4.69, 9.17) is 29.6 Å². The Morgan fingerprint density at radius 3 is 2.20 bits per heavy atom. The Morgan fingerprint density at radius 1 is 1.25 bits per heavy atom. The Bertz CT molecular complexity index is 475. The number of hydrogen-bond donors (Lipinski definition) is 0. The number of quaternary nitrogens is 1. The second-order valence-electron chi connectivity index (χ2n) is 5.86. The van der Waals surface area contributed by atoms with Gasteiger partial charge in [-0.25, -0.2) is 0 Å². The van der Waals surface area contributed by atoms with Gasteiger partial charge in [-0.05, 0) is 46.8 Å². The van der Waals surface area contributed by atoms with Gasteiger partial charge in [0.15, 0.2) is 0 Å². The molecule has 0 aliphatic heterocycles. The highest BCUT2D eigenvalue weighted by molar-refractivity contribution is 7.99. The second-order valence-corrected chi connectivity index (χ2v) is 6.89. The van der Waals surface area contributed by atoms with Gasteiger partial charge in [0.05, 0.1) is 19.2 Å². The molecule has 0 bridgehead atoms. The fourth-order valence-corrected chi connectivity index (χ4v) is 3.73. The topological polar surface area (TPSA) is 9.23 Å². The zero-order valence-electron chi connectivity index (χ0n) is 13.3. The number of ether oxygens (including phenoxy) is 1. The van der Waals surface area contributed by atoms with Gasteiger partial charge in [-0.3, -0.25) is 4.48 Å². The lowest BCUT2D eigenvalue weighted by Crippen LogP contribution is -2.59. The minimum absolute atomic E-state index is 0.338. The maximum Gasteiger partial charge on any atom is 0.127 e. The van der Waals surface area contributed by atoms with Crippen LogP contribution in [-0.4, -0.2) is 28.0 Å². The fraction of sp³-hybridized carbons (Fsp3) is 0.562. The molecule has 1 aromatic carbocycles. The largest absolute Gasteiger partial charge is 0.496 e. The third-order valence-electron chi connectivity index (χ3n) is 4.05. The predicted octanol–water partition coefficient (Wildman–Crippen LogP) is 3.97. The van der Waals surface area contributed by atoms with Crippen LogP contribution >= 0.6 is 12.2 Å². The maximum atomic E-state index is 5.50. The molecule has 0 spiro atoms. The number of aryl methyl sites for hydroxylation is 1. The molecule has 20 heavy (non-hydrogen) atoms. The summed E-state index contributed by atoms with van der Waals surface area (Å²) in [5.41, 5.74) is 2.39. The summed E-state index contributed by atoms with van der Waals surface area (Å²) in [6, 6.07) is 6.93. The van der Waals surface area contributed by atoms with Crippen molar-refractivity contribution in [2.75, 3.05) is 7.11 Å². The summed E-state index contributed by atoms with van der Waals surface area (Å²) in [4.78, 5) is 0. The van der Waals surface area contributed by atoms with Crippen molar-refractivity contribution in [1.29, 1.82) is 0 Å². The Morgan fingerprint density at radius 2 is 1.80 bits per heavy atom. The smallest absolute Gasteiger partial charge is 0.127 e. The first kappa shape index (κ1) is 17.3. The van der Waals surface area contributed by atoms with Gasteiger partial charge in [-0.15, -0.1) is 0 Å². The molecule has 0 unspecified atom stereocenters. The normalized spacial score (nSPS) is 12.0. The van der Waals surface area contributed by atoms with Gasteiger partial charge in [-0.2, -0.15) is 0 Å². The van der Waals surface area contributed by atoms with E-state index in [2.05, 4.69) is 46.8 Å². The number of hydrogen-bond acceptors (Lipinski definition) is 3. The molecule has 1 rings (SSSR count). The van der Waals surface area contributed by atoms with Gasteiger partial charge in [0.2, 0.25) is 0 Å². The number of rotatable bonds is 5. The molecule has 0 atom stereocenters. The van der Waals surface area contributed by atoms with Crippen molar-refractivity contribution in [1.82, 2.24) is 0 Å². The highest BCUT2D eigenvalue weighted by Gasteiger charge is 2.35. The molecular weight excluding hydrogens is 286 g/mol. The van der Waals surface area contributed by atoms with E-state index in [1.165, 1.54) is 11.1 Å². The van der Waals surface area contributed by atoms with Crippen LogP contribution in [0, 0.1) is 6.92 Å². The molecular formula is C16H25NOS2. The van der Waals surface area contributed by atoms with Crippen molar-refractivity contribution in [3.8, 4) is 5.75 Å². The third kappa shape index (κ3) is 3.30. The zero-order valence-corrected chi connectivity index (χ0v) is 14.9. The molecule has 4 heteroatoms. The number of methoxy groups -OCH3 is 1. The monoisotopic (exact) mass is 311 g/mol. The third-order valence-corrected chi connectivity index (χ3v) is 4.73. The van der Waals surface area contributed by atoms with Gasteiger partial charge in [0.25, 0.3) is 0 Å². The molecule has 2 nitrogen and oxygen atoms in total. The summed E-state index contributed by atoms with van der Waals surface area (Å²) in [6.07, 6.45) is 0. The van der Waals surface area contributed by atoms with Gasteiger partial charge >= 0.3 is 0 Å². The fourth-order valence-electron chi connectivity index (χ4n) is 2.76. The first-order valence-corrected chi connectivity index (χ1v) is 7.79. The maximum absolute atomic E-state index is 5.50. The molecule has 112 valence electrons. The molecule has 0 radical (unpaired) electrons. The molecule has 0 aliphatic carbocycles. The molecule has 0 fully saturated rings. The minimum Gasteiger partial charge on any atom is -0.496 e. The van der Waals surface area contributed by atoms with Crippen LogP contribution in [0.15, 0.2) is 18.2 Å². The van der Waals surface area contributed by atoms with E-state index in [1.54, 1.807) is 7.11 Å². The predicted molar refractivity (Wildman–Crippen MR) is 91.9 cm³/mol. The van der Waals surface area contributed by atoms with Gasteiger partial charge in [0, 0.05) is 9.88 Å². The van der Waals surface area contributed by atoms with E-state index < -0.39 is 0 Å². The van der Waals surface area contributed by atoms with Crippen LogP contribution in [0.3, 0.4) is 0 Å². The first-order chi connectivity index (χ1) is 9.25. The second kappa shape index (κ2) is 6.83. The summed E-state index contributed by atoms with van der Waals surface area (Å²) < 4.78 is 6.75. The SMILES string of the molecule is COc1ccc(C)cc1C[N+](C(=S)[S-])(C(C)C)C(C)C. The van der Waals surface area contributed by atoms with E-state index in [0.717, 1.165) is 12.3 Å². The Balaban J connectivity index is 3.33. The minimum atomic E-state index is 0.338. The summed E-state index contributed by atoms with van der Waals surface area (Å²) in [6.45, 7) is 11.6. The Labute approximate surface area is 134 Å². The average molecular weight is 312 g/mol. The van der Waals surface area contributed by atoms with Crippen LogP contribution in [0.1, 0.15) is 38.8 Å². The lowest BCUT2D eigenvalue weighted by atomic mass is 10.1.